The number of nitrogens with zero attached hydrogens (tertiary/aromatic N) is 1. The molecule has 34 heavy (non-hydrogen) atoms. The van der Waals surface area contributed by atoms with Gasteiger partial charge in [0.1, 0.15) is 24.3 Å². The quantitative estimate of drug-likeness (QED) is 0.232. The Labute approximate surface area is 219 Å². The first-order valence-electron chi connectivity index (χ1n) is 10.6. The number of rotatable bonds is 5. The first kappa shape index (κ1) is 22.9. The van der Waals surface area contributed by atoms with Crippen LogP contribution >= 0.6 is 38.5 Å². The minimum atomic E-state index is -0.528. The van der Waals surface area contributed by atoms with Crippen LogP contribution < -0.4 is 15.0 Å². The van der Waals surface area contributed by atoms with Crippen molar-refractivity contribution in [2.24, 2.45) is 0 Å². The molecule has 4 nitrogen and oxygen atoms in total. The molecule has 1 amide bonds. The van der Waals surface area contributed by atoms with Crippen molar-refractivity contribution in [2.45, 2.75) is 12.8 Å². The summed E-state index contributed by atoms with van der Waals surface area (Å²) in [4.78, 5) is 15.3. The van der Waals surface area contributed by atoms with E-state index in [2.05, 4.69) is 43.8 Å². The van der Waals surface area contributed by atoms with Crippen LogP contribution in [-0.2, 0) is 6.61 Å². The van der Waals surface area contributed by atoms with Crippen molar-refractivity contribution < 1.29 is 13.9 Å². The van der Waals surface area contributed by atoms with Crippen molar-refractivity contribution in [3.05, 3.63) is 122 Å². The third-order valence-corrected chi connectivity index (χ3v) is 6.99. The minimum absolute atomic E-state index is 0.161. The second-order valence-corrected chi connectivity index (χ2v) is 9.95. The lowest BCUT2D eigenvalue weighted by molar-refractivity contribution is 0.0974. The van der Waals surface area contributed by atoms with E-state index in [9.17, 15) is 9.18 Å². The molecule has 0 radical (unpaired) electrons. The Morgan fingerprint density at radius 1 is 0.971 bits per heavy atom. The number of hydrogen-bond donors (Lipinski definition) is 1. The second-order valence-electron chi connectivity index (χ2n) is 7.85. The van der Waals surface area contributed by atoms with Crippen LogP contribution in [0.4, 0.5) is 15.8 Å². The van der Waals surface area contributed by atoms with Crippen LogP contribution in [0.2, 0.25) is 0 Å². The van der Waals surface area contributed by atoms with Crippen molar-refractivity contribution in [3.63, 3.8) is 0 Å². The number of halogens is 3. The van der Waals surface area contributed by atoms with Gasteiger partial charge in [-0.2, -0.15) is 0 Å². The van der Waals surface area contributed by atoms with Crippen LogP contribution in [0.1, 0.15) is 27.7 Å². The lowest BCUT2D eigenvalue weighted by Gasteiger charge is -2.38. The summed E-state index contributed by atoms with van der Waals surface area (Å²) >= 11 is 5.84. The number of hydrogen-bond acceptors (Lipinski definition) is 3. The van der Waals surface area contributed by atoms with Crippen LogP contribution in [0.3, 0.4) is 0 Å². The Hall–Kier alpha value is -2.91. The van der Waals surface area contributed by atoms with Crippen molar-refractivity contribution >= 4 is 55.8 Å². The maximum atomic E-state index is 13.7. The summed E-state index contributed by atoms with van der Waals surface area (Å²) in [6.45, 7) is 0.432. The molecule has 0 aliphatic carbocycles. The van der Waals surface area contributed by atoms with E-state index in [1.165, 1.54) is 12.1 Å². The molecule has 1 heterocycles. The fraction of sp³-hybridized carbons (Fsp3) is 0.0741. The molecular formula is C27H19BrFIN2O2. The first-order chi connectivity index (χ1) is 16.5. The molecule has 170 valence electrons. The highest BCUT2D eigenvalue weighted by Crippen LogP contribution is 2.40. The molecule has 1 aliphatic heterocycles. The van der Waals surface area contributed by atoms with E-state index in [-0.39, 0.29) is 11.7 Å². The van der Waals surface area contributed by atoms with E-state index in [0.717, 1.165) is 24.9 Å². The summed E-state index contributed by atoms with van der Waals surface area (Å²) in [7, 11) is 0. The van der Waals surface area contributed by atoms with E-state index in [1.807, 2.05) is 66.7 Å². The lowest BCUT2D eigenvalue weighted by Crippen LogP contribution is -2.43. The van der Waals surface area contributed by atoms with Gasteiger partial charge in [-0.3, -0.25) is 9.69 Å². The number of carbonyl (C=O) groups is 1. The largest absolute Gasteiger partial charge is 0.489 e. The Kier molecular flexibility index (Phi) is 6.56. The number of carbonyl (C=O) groups excluding carboxylic acids is 1. The molecule has 1 unspecified atom stereocenters. The number of amides is 1. The van der Waals surface area contributed by atoms with Crippen molar-refractivity contribution in [1.29, 1.82) is 0 Å². The first-order valence-corrected chi connectivity index (χ1v) is 12.5. The number of ether oxygens (including phenoxy) is 1. The number of anilines is 2. The molecule has 1 aliphatic rings. The smallest absolute Gasteiger partial charge is 0.262 e. The summed E-state index contributed by atoms with van der Waals surface area (Å²) in [5.74, 6) is 0.167. The molecule has 0 aromatic heterocycles. The topological polar surface area (TPSA) is 41.6 Å². The zero-order chi connectivity index (χ0) is 23.7. The van der Waals surface area contributed by atoms with Crippen molar-refractivity contribution in [2.75, 3.05) is 10.2 Å². The summed E-state index contributed by atoms with van der Waals surface area (Å²) in [6, 6.07) is 27.3. The summed E-state index contributed by atoms with van der Waals surface area (Å²) in [6.07, 6.45) is -0.528. The summed E-state index contributed by atoms with van der Waals surface area (Å²) in [5, 5.41) is 3.50. The predicted octanol–water partition coefficient (Wildman–Crippen LogP) is 7.54. The van der Waals surface area contributed by atoms with Gasteiger partial charge >= 0.3 is 0 Å². The fourth-order valence-corrected chi connectivity index (χ4v) is 4.88. The van der Waals surface area contributed by atoms with Crippen LogP contribution in [0.25, 0.3) is 0 Å². The van der Waals surface area contributed by atoms with Crippen LogP contribution in [0.15, 0.2) is 95.5 Å². The normalized spacial score (nSPS) is 15.0. The Morgan fingerprint density at radius 2 is 1.74 bits per heavy atom. The van der Waals surface area contributed by atoms with Gasteiger partial charge in [0.05, 0.1) is 5.56 Å². The fourth-order valence-electron chi connectivity index (χ4n) is 3.93. The van der Waals surface area contributed by atoms with Crippen LogP contribution in [-0.4, -0.2) is 5.91 Å². The third-order valence-electron chi connectivity index (χ3n) is 5.60. The van der Waals surface area contributed by atoms with E-state index in [4.69, 9.17) is 4.74 Å². The standard InChI is InChI=1S/C27H19BrFIN2O2/c28-24-12-11-21(34-16-17-4-2-1-3-5-17)15-22(24)26-31-25-13-8-19(30)14-23(25)27(33)32(26)20-9-6-18(29)7-10-20/h1-15,26,31H,16H2. The summed E-state index contributed by atoms with van der Waals surface area (Å²) in [5.41, 5.74) is 3.80. The molecule has 0 saturated carbocycles. The van der Waals surface area contributed by atoms with Gasteiger partial charge in [0, 0.05) is 25.0 Å². The second kappa shape index (κ2) is 9.76. The molecule has 4 aromatic carbocycles. The molecule has 1 N–H and O–H groups in total. The average Bonchev–Trinajstić information content (AvgIpc) is 2.85. The Bertz CT molecular complexity index is 1350. The van der Waals surface area contributed by atoms with Gasteiger partial charge in [-0.05, 0) is 88.8 Å². The molecule has 7 heteroatoms. The van der Waals surface area contributed by atoms with Gasteiger partial charge in [-0.15, -0.1) is 0 Å². The lowest BCUT2D eigenvalue weighted by atomic mass is 10.0. The molecule has 0 fully saturated rings. The maximum absolute atomic E-state index is 13.7. The highest BCUT2D eigenvalue weighted by molar-refractivity contribution is 14.1. The molecule has 0 bridgehead atoms. The zero-order valence-electron chi connectivity index (χ0n) is 17.8. The van der Waals surface area contributed by atoms with Gasteiger partial charge in [0.2, 0.25) is 0 Å². The van der Waals surface area contributed by atoms with E-state index in [1.54, 1.807) is 17.0 Å². The Balaban J connectivity index is 1.55. The molecule has 0 saturated heterocycles. The molecular weight excluding hydrogens is 610 g/mol. The van der Waals surface area contributed by atoms with Gasteiger partial charge in [-0.1, -0.05) is 46.3 Å². The number of fused-ring (bicyclic) bond motifs is 1. The highest BCUT2D eigenvalue weighted by Gasteiger charge is 2.35. The highest BCUT2D eigenvalue weighted by atomic mass is 127. The molecule has 1 atom stereocenters. The summed E-state index contributed by atoms with van der Waals surface area (Å²) < 4.78 is 21.5. The Morgan fingerprint density at radius 3 is 2.50 bits per heavy atom. The minimum Gasteiger partial charge on any atom is -0.489 e. The van der Waals surface area contributed by atoms with Crippen LogP contribution in [0.5, 0.6) is 5.75 Å². The van der Waals surface area contributed by atoms with Gasteiger partial charge in [0.15, 0.2) is 0 Å². The van der Waals surface area contributed by atoms with Crippen LogP contribution in [0, 0.1) is 9.39 Å². The van der Waals surface area contributed by atoms with Gasteiger partial charge < -0.3 is 10.1 Å². The third kappa shape index (κ3) is 4.67. The van der Waals surface area contributed by atoms with E-state index in [0.29, 0.717) is 23.6 Å². The van der Waals surface area contributed by atoms with Gasteiger partial charge in [0.25, 0.3) is 5.91 Å². The van der Waals surface area contributed by atoms with Crippen molar-refractivity contribution in [1.82, 2.24) is 0 Å². The molecule has 5 rings (SSSR count). The van der Waals surface area contributed by atoms with Crippen molar-refractivity contribution in [3.8, 4) is 5.75 Å². The number of benzene rings is 4. The molecule has 4 aromatic rings. The van der Waals surface area contributed by atoms with Gasteiger partial charge in [-0.25, -0.2) is 4.39 Å². The monoisotopic (exact) mass is 628 g/mol. The van der Waals surface area contributed by atoms with E-state index >= 15 is 0 Å². The van der Waals surface area contributed by atoms with E-state index < -0.39 is 6.17 Å². The SMILES string of the molecule is O=C1c2cc(I)ccc2NC(c2cc(OCc3ccccc3)ccc2Br)N1c1ccc(F)cc1. The maximum Gasteiger partial charge on any atom is 0.262 e. The predicted molar refractivity (Wildman–Crippen MR) is 144 cm³/mol. The average molecular weight is 629 g/mol. The molecule has 0 spiro atoms. The number of nitrogens with one attached hydrogen (secondary N) is 1. The zero-order valence-corrected chi connectivity index (χ0v) is 21.6.